The van der Waals surface area contributed by atoms with Gasteiger partial charge in [0.15, 0.2) is 0 Å². The number of para-hydroxylation sites is 3. The molecule has 0 atom stereocenters. The second-order valence-corrected chi connectivity index (χ2v) is 18.4. The van der Waals surface area contributed by atoms with E-state index in [4.69, 9.17) is 4.42 Å². The molecule has 14 rings (SSSR count). The first-order chi connectivity index (χ1) is 35.2. The molecule has 71 heavy (non-hydrogen) atoms. The molecule has 0 aliphatic rings. The Hall–Kier alpha value is -9.44. The molecule has 14 aromatic rings. The molecule has 0 fully saturated rings. The molecule has 3 nitrogen and oxygen atoms in total. The zero-order valence-electron chi connectivity index (χ0n) is 38.7. The standard InChI is InChI=1S/C68H44N2O/c1-2-17-47(18-3-1)61-44-50(54-29-15-21-46-19-4-6-24-53(46)54)38-42-65(61)69(64-33-13-10-28-58(64)59-30-16-34-66-67(59)60-41-37-48-20-5-7-25-55(48)68(60)71-66)51-39-35-45(36-40-51)49-22-14-23-52(43-49)70-62-31-11-8-26-56(62)57-27-9-12-32-63(57)70/h1-44H. The van der Waals surface area contributed by atoms with E-state index in [9.17, 15) is 0 Å². The molecule has 0 amide bonds. The smallest absolute Gasteiger partial charge is 0.143 e. The van der Waals surface area contributed by atoms with Crippen LogP contribution in [0.2, 0.25) is 0 Å². The number of furan rings is 1. The van der Waals surface area contributed by atoms with Gasteiger partial charge in [-0.3, -0.25) is 0 Å². The minimum atomic E-state index is 0.868. The van der Waals surface area contributed by atoms with E-state index in [1.54, 1.807) is 0 Å². The number of fused-ring (bicyclic) bond motifs is 9. The van der Waals surface area contributed by atoms with Crippen LogP contribution in [-0.2, 0) is 0 Å². The largest absolute Gasteiger partial charge is 0.455 e. The lowest BCUT2D eigenvalue weighted by Gasteiger charge is -2.30. The Morgan fingerprint density at radius 1 is 0.310 bits per heavy atom. The van der Waals surface area contributed by atoms with Crippen LogP contribution in [0.1, 0.15) is 0 Å². The number of aromatic nitrogens is 1. The molecule has 0 spiro atoms. The summed E-state index contributed by atoms with van der Waals surface area (Å²) in [6, 6.07) is 96.8. The molecule has 0 aliphatic heterocycles. The lowest BCUT2D eigenvalue weighted by molar-refractivity contribution is 0.673. The summed E-state index contributed by atoms with van der Waals surface area (Å²) >= 11 is 0. The fraction of sp³-hybridized carbons (Fsp3) is 0. The molecular weight excluding hydrogens is 861 g/mol. The fourth-order valence-electron chi connectivity index (χ4n) is 11.1. The van der Waals surface area contributed by atoms with E-state index >= 15 is 0 Å². The van der Waals surface area contributed by atoms with E-state index in [1.807, 2.05) is 0 Å². The minimum Gasteiger partial charge on any atom is -0.455 e. The van der Waals surface area contributed by atoms with Gasteiger partial charge in [-0.25, -0.2) is 0 Å². The summed E-state index contributed by atoms with van der Waals surface area (Å²) in [6.45, 7) is 0. The van der Waals surface area contributed by atoms with Crippen LogP contribution in [0.4, 0.5) is 17.1 Å². The molecule has 332 valence electrons. The van der Waals surface area contributed by atoms with Crippen molar-refractivity contribution in [3.05, 3.63) is 267 Å². The summed E-state index contributed by atoms with van der Waals surface area (Å²) in [7, 11) is 0. The molecule has 12 aromatic carbocycles. The van der Waals surface area contributed by atoms with Crippen molar-refractivity contribution in [2.75, 3.05) is 4.90 Å². The van der Waals surface area contributed by atoms with Crippen molar-refractivity contribution in [2.45, 2.75) is 0 Å². The van der Waals surface area contributed by atoms with Crippen molar-refractivity contribution in [1.82, 2.24) is 4.57 Å². The van der Waals surface area contributed by atoms with Gasteiger partial charge in [-0.2, -0.15) is 0 Å². The zero-order chi connectivity index (χ0) is 46.8. The third-order valence-corrected chi connectivity index (χ3v) is 14.4. The summed E-state index contributed by atoms with van der Waals surface area (Å²) in [4.78, 5) is 2.46. The highest BCUT2D eigenvalue weighted by molar-refractivity contribution is 6.20. The SMILES string of the molecule is c1ccc(-c2cc(-c3cccc4ccccc34)ccc2N(c2ccc(-c3cccc(-n4c5ccccc5c5ccccc54)c3)cc2)c2ccccc2-c2cccc3oc4c5ccccc5ccc4c23)cc1. The molecule has 3 heteroatoms. The van der Waals surface area contributed by atoms with Crippen molar-refractivity contribution in [3.63, 3.8) is 0 Å². The third kappa shape index (κ3) is 6.74. The van der Waals surface area contributed by atoms with Crippen LogP contribution in [-0.4, -0.2) is 4.57 Å². The molecule has 2 aromatic heterocycles. The molecule has 0 aliphatic carbocycles. The highest BCUT2D eigenvalue weighted by Gasteiger charge is 2.24. The van der Waals surface area contributed by atoms with Gasteiger partial charge in [0.05, 0.1) is 22.4 Å². The van der Waals surface area contributed by atoms with Gasteiger partial charge in [-0.05, 0) is 116 Å². The number of nitrogens with zero attached hydrogens (tertiary/aromatic N) is 2. The van der Waals surface area contributed by atoms with Crippen LogP contribution in [0.5, 0.6) is 0 Å². The molecule has 0 saturated heterocycles. The summed E-state index contributed by atoms with van der Waals surface area (Å²) in [5.41, 5.74) is 17.6. The van der Waals surface area contributed by atoms with Crippen molar-refractivity contribution in [2.24, 2.45) is 0 Å². The highest BCUT2D eigenvalue weighted by atomic mass is 16.3. The summed E-state index contributed by atoms with van der Waals surface area (Å²) in [5, 5.41) is 9.45. The van der Waals surface area contributed by atoms with Crippen LogP contribution >= 0.6 is 0 Å². The molecule has 0 N–H and O–H groups in total. The monoisotopic (exact) mass is 904 g/mol. The lowest BCUT2D eigenvalue weighted by Crippen LogP contribution is -2.12. The number of benzene rings is 12. The first-order valence-corrected chi connectivity index (χ1v) is 24.3. The van der Waals surface area contributed by atoms with Crippen LogP contribution in [0.3, 0.4) is 0 Å². The molecule has 2 heterocycles. The lowest BCUT2D eigenvalue weighted by atomic mass is 9.92. The zero-order valence-corrected chi connectivity index (χ0v) is 38.7. The maximum absolute atomic E-state index is 6.77. The Bertz CT molecular complexity index is 4290. The predicted molar refractivity (Wildman–Crippen MR) is 299 cm³/mol. The average molecular weight is 905 g/mol. The minimum absolute atomic E-state index is 0.868. The predicted octanol–water partition coefficient (Wildman–Crippen LogP) is 19.1. The summed E-state index contributed by atoms with van der Waals surface area (Å²) in [5.74, 6) is 0. The molecule has 0 unspecified atom stereocenters. The fourth-order valence-corrected chi connectivity index (χ4v) is 11.1. The maximum Gasteiger partial charge on any atom is 0.143 e. The molecular formula is C68H44N2O. The Balaban J connectivity index is 0.971. The average Bonchev–Trinajstić information content (AvgIpc) is 4.01. The van der Waals surface area contributed by atoms with Crippen LogP contribution in [0, 0.1) is 0 Å². The summed E-state index contributed by atoms with van der Waals surface area (Å²) in [6.07, 6.45) is 0. The Kier molecular flexibility index (Phi) is 9.53. The van der Waals surface area contributed by atoms with Gasteiger partial charge < -0.3 is 13.9 Å². The van der Waals surface area contributed by atoms with Gasteiger partial charge in [0.1, 0.15) is 11.2 Å². The van der Waals surface area contributed by atoms with Gasteiger partial charge >= 0.3 is 0 Å². The van der Waals surface area contributed by atoms with Gasteiger partial charge in [0.25, 0.3) is 0 Å². The Morgan fingerprint density at radius 2 is 0.887 bits per heavy atom. The number of hydrogen-bond donors (Lipinski definition) is 0. The third-order valence-electron chi connectivity index (χ3n) is 14.4. The first kappa shape index (κ1) is 40.6. The topological polar surface area (TPSA) is 21.3 Å². The second kappa shape index (κ2) is 16.7. The van der Waals surface area contributed by atoms with Crippen molar-refractivity contribution >= 4 is 82.4 Å². The Morgan fingerprint density at radius 3 is 1.69 bits per heavy atom. The van der Waals surface area contributed by atoms with Gasteiger partial charge in [-0.1, -0.05) is 200 Å². The van der Waals surface area contributed by atoms with Crippen LogP contribution in [0.15, 0.2) is 271 Å². The van der Waals surface area contributed by atoms with E-state index in [2.05, 4.69) is 276 Å². The van der Waals surface area contributed by atoms with Crippen molar-refractivity contribution in [1.29, 1.82) is 0 Å². The van der Waals surface area contributed by atoms with Crippen molar-refractivity contribution in [3.8, 4) is 50.2 Å². The molecule has 0 bridgehead atoms. The van der Waals surface area contributed by atoms with Crippen LogP contribution in [0.25, 0.3) is 115 Å². The van der Waals surface area contributed by atoms with E-state index in [-0.39, 0.29) is 0 Å². The number of hydrogen-bond acceptors (Lipinski definition) is 2. The van der Waals surface area contributed by atoms with Gasteiger partial charge in [0.2, 0.25) is 0 Å². The quantitative estimate of drug-likeness (QED) is 0.151. The first-order valence-electron chi connectivity index (χ1n) is 24.3. The van der Waals surface area contributed by atoms with Gasteiger partial charge in [0, 0.05) is 49.4 Å². The van der Waals surface area contributed by atoms with E-state index in [1.165, 1.54) is 38.1 Å². The molecule has 0 radical (unpaired) electrons. The Labute approximate surface area is 411 Å². The van der Waals surface area contributed by atoms with E-state index < -0.39 is 0 Å². The second-order valence-electron chi connectivity index (χ2n) is 18.4. The van der Waals surface area contributed by atoms with E-state index in [0.717, 1.165) is 94.4 Å². The number of rotatable bonds is 8. The number of anilines is 3. The van der Waals surface area contributed by atoms with Crippen molar-refractivity contribution < 1.29 is 4.42 Å². The van der Waals surface area contributed by atoms with E-state index in [0.29, 0.717) is 0 Å². The van der Waals surface area contributed by atoms with Gasteiger partial charge in [-0.15, -0.1) is 0 Å². The maximum atomic E-state index is 6.77. The molecule has 0 saturated carbocycles. The van der Waals surface area contributed by atoms with Crippen LogP contribution < -0.4 is 4.90 Å². The normalized spacial score (nSPS) is 11.7. The highest BCUT2D eigenvalue weighted by Crippen LogP contribution is 2.49. The summed E-state index contributed by atoms with van der Waals surface area (Å²) < 4.78 is 9.16.